The summed E-state index contributed by atoms with van der Waals surface area (Å²) in [6, 6.07) is 19.1. The van der Waals surface area contributed by atoms with Crippen molar-refractivity contribution in [2.24, 2.45) is 4.99 Å². The molecule has 2 aromatic carbocycles. The molecule has 1 aromatic heterocycles. The van der Waals surface area contributed by atoms with E-state index in [1.807, 2.05) is 38.6 Å². The van der Waals surface area contributed by atoms with Crippen LogP contribution in [0.1, 0.15) is 21.6 Å². The predicted octanol–water partition coefficient (Wildman–Crippen LogP) is 3.86. The maximum absolute atomic E-state index is 10.9. The maximum atomic E-state index is 10.9. The summed E-state index contributed by atoms with van der Waals surface area (Å²) in [4.78, 5) is 17.4. The topological polar surface area (TPSA) is 57.8 Å². The molecule has 3 rings (SSSR count). The molecule has 0 aliphatic carbocycles. The van der Waals surface area contributed by atoms with Gasteiger partial charge in [-0.3, -0.25) is 4.99 Å². The standard InChI is InChI=1S/C21H21N3O2/c1-23(2)18-9-11-19(12-10-18)24-13-3-4-20(24)15-22-14-16-5-7-17(8-6-16)21(25)26/h3-13,15H,14H2,1-2H3,(H,25,26). The van der Waals surface area contributed by atoms with Crippen LogP contribution in [0.2, 0.25) is 0 Å². The van der Waals surface area contributed by atoms with Gasteiger partial charge in [0.05, 0.1) is 17.8 Å². The van der Waals surface area contributed by atoms with E-state index in [1.54, 1.807) is 24.3 Å². The fraction of sp³-hybridized carbons (Fsp3) is 0.143. The molecule has 5 heteroatoms. The van der Waals surface area contributed by atoms with Gasteiger partial charge in [-0.1, -0.05) is 12.1 Å². The lowest BCUT2D eigenvalue weighted by molar-refractivity contribution is 0.0697. The Hall–Kier alpha value is -3.34. The maximum Gasteiger partial charge on any atom is 0.335 e. The average molecular weight is 347 g/mol. The third kappa shape index (κ3) is 4.00. The van der Waals surface area contributed by atoms with Crippen molar-refractivity contribution in [3.05, 3.63) is 83.7 Å². The molecule has 0 unspecified atom stereocenters. The fourth-order valence-electron chi connectivity index (χ4n) is 2.64. The molecule has 0 bridgehead atoms. The number of aliphatic imine (C=N–C) groups is 1. The zero-order valence-electron chi connectivity index (χ0n) is 14.8. The summed E-state index contributed by atoms with van der Waals surface area (Å²) in [5.41, 5.74) is 4.48. The van der Waals surface area contributed by atoms with Crippen molar-refractivity contribution < 1.29 is 9.90 Å². The van der Waals surface area contributed by atoms with Crippen molar-refractivity contribution in [2.75, 3.05) is 19.0 Å². The molecule has 3 aromatic rings. The molecule has 0 amide bonds. The Morgan fingerprint density at radius 1 is 1.08 bits per heavy atom. The van der Waals surface area contributed by atoms with Crippen LogP contribution in [0.15, 0.2) is 71.9 Å². The van der Waals surface area contributed by atoms with Crippen molar-refractivity contribution >= 4 is 17.9 Å². The molecule has 0 radical (unpaired) electrons. The molecule has 0 saturated carbocycles. The van der Waals surface area contributed by atoms with E-state index in [4.69, 9.17) is 5.11 Å². The van der Waals surface area contributed by atoms with Crippen LogP contribution < -0.4 is 4.90 Å². The Morgan fingerprint density at radius 3 is 2.38 bits per heavy atom. The smallest absolute Gasteiger partial charge is 0.335 e. The molecular formula is C21H21N3O2. The second-order valence-corrected chi connectivity index (χ2v) is 6.19. The summed E-state index contributed by atoms with van der Waals surface area (Å²) >= 11 is 0. The minimum atomic E-state index is -0.918. The highest BCUT2D eigenvalue weighted by Gasteiger charge is 2.03. The van der Waals surface area contributed by atoms with Gasteiger partial charge >= 0.3 is 5.97 Å². The molecule has 1 N–H and O–H groups in total. The zero-order valence-corrected chi connectivity index (χ0v) is 14.8. The van der Waals surface area contributed by atoms with Crippen LogP contribution in [-0.2, 0) is 6.54 Å². The summed E-state index contributed by atoms with van der Waals surface area (Å²) in [7, 11) is 4.04. The number of aromatic carboxylic acids is 1. The van der Waals surface area contributed by atoms with E-state index in [-0.39, 0.29) is 5.56 Å². The molecule has 5 nitrogen and oxygen atoms in total. The number of nitrogens with zero attached hydrogens (tertiary/aromatic N) is 3. The van der Waals surface area contributed by atoms with Gasteiger partial charge < -0.3 is 14.6 Å². The van der Waals surface area contributed by atoms with Gasteiger partial charge in [0.15, 0.2) is 0 Å². The van der Waals surface area contributed by atoms with Gasteiger partial charge in [0.1, 0.15) is 0 Å². The van der Waals surface area contributed by atoms with Crippen LogP contribution in [0.3, 0.4) is 0 Å². The number of hydrogen-bond acceptors (Lipinski definition) is 3. The molecule has 26 heavy (non-hydrogen) atoms. The van der Waals surface area contributed by atoms with Gasteiger partial charge in [-0.15, -0.1) is 0 Å². The van der Waals surface area contributed by atoms with Crippen molar-refractivity contribution in [3.63, 3.8) is 0 Å². The molecule has 132 valence electrons. The Morgan fingerprint density at radius 2 is 1.77 bits per heavy atom. The van der Waals surface area contributed by atoms with Crippen LogP contribution in [0.4, 0.5) is 5.69 Å². The normalized spacial score (nSPS) is 11.0. The first-order valence-electron chi connectivity index (χ1n) is 8.32. The molecular weight excluding hydrogens is 326 g/mol. The number of benzene rings is 2. The third-order valence-electron chi connectivity index (χ3n) is 4.12. The summed E-state index contributed by atoms with van der Waals surface area (Å²) in [5.74, 6) is -0.918. The lowest BCUT2D eigenvalue weighted by Gasteiger charge is -2.13. The largest absolute Gasteiger partial charge is 0.478 e. The summed E-state index contributed by atoms with van der Waals surface area (Å²) in [6.07, 6.45) is 3.85. The first kappa shape index (κ1) is 17.5. The minimum Gasteiger partial charge on any atom is -0.478 e. The molecule has 0 atom stereocenters. The number of aromatic nitrogens is 1. The highest BCUT2D eigenvalue weighted by Crippen LogP contribution is 2.17. The quantitative estimate of drug-likeness (QED) is 0.689. The molecule has 0 aliphatic heterocycles. The molecule has 0 spiro atoms. The molecule has 0 saturated heterocycles. The van der Waals surface area contributed by atoms with Gasteiger partial charge in [-0.2, -0.15) is 0 Å². The first-order valence-corrected chi connectivity index (χ1v) is 8.32. The number of carboxylic acid groups (broad SMARTS) is 1. The number of hydrogen-bond donors (Lipinski definition) is 1. The van der Waals surface area contributed by atoms with E-state index in [9.17, 15) is 4.79 Å². The Bertz CT molecular complexity index is 907. The van der Waals surface area contributed by atoms with E-state index in [2.05, 4.69) is 38.7 Å². The van der Waals surface area contributed by atoms with E-state index in [1.165, 1.54) is 0 Å². The number of carboxylic acids is 1. The monoisotopic (exact) mass is 347 g/mol. The fourth-order valence-corrected chi connectivity index (χ4v) is 2.64. The van der Waals surface area contributed by atoms with Crippen molar-refractivity contribution in [2.45, 2.75) is 6.54 Å². The van der Waals surface area contributed by atoms with Gasteiger partial charge in [0.2, 0.25) is 0 Å². The molecule has 0 aliphatic rings. The van der Waals surface area contributed by atoms with Crippen LogP contribution in [0, 0.1) is 0 Å². The van der Waals surface area contributed by atoms with Crippen LogP contribution in [0.5, 0.6) is 0 Å². The Balaban J connectivity index is 1.72. The van der Waals surface area contributed by atoms with E-state index < -0.39 is 5.97 Å². The van der Waals surface area contributed by atoms with Crippen molar-refractivity contribution in [1.82, 2.24) is 4.57 Å². The predicted molar refractivity (Wildman–Crippen MR) is 105 cm³/mol. The summed E-state index contributed by atoms with van der Waals surface area (Å²) < 4.78 is 2.08. The van der Waals surface area contributed by atoms with E-state index in [0.29, 0.717) is 6.54 Å². The SMILES string of the molecule is CN(C)c1ccc(-n2cccc2C=NCc2ccc(C(=O)O)cc2)cc1. The minimum absolute atomic E-state index is 0.285. The third-order valence-corrected chi connectivity index (χ3v) is 4.12. The number of anilines is 1. The highest BCUT2D eigenvalue weighted by molar-refractivity contribution is 5.87. The first-order chi connectivity index (χ1) is 12.5. The Kier molecular flexibility index (Phi) is 5.17. The second-order valence-electron chi connectivity index (χ2n) is 6.19. The van der Waals surface area contributed by atoms with Crippen molar-refractivity contribution in [1.29, 1.82) is 0 Å². The second kappa shape index (κ2) is 7.70. The summed E-state index contributed by atoms with van der Waals surface area (Å²) in [5, 5.41) is 8.93. The van der Waals surface area contributed by atoms with E-state index >= 15 is 0 Å². The van der Waals surface area contributed by atoms with Gasteiger partial charge in [-0.25, -0.2) is 4.79 Å². The molecule has 1 heterocycles. The van der Waals surface area contributed by atoms with Crippen LogP contribution >= 0.6 is 0 Å². The average Bonchev–Trinajstić information content (AvgIpc) is 3.10. The van der Waals surface area contributed by atoms with Gasteiger partial charge in [0.25, 0.3) is 0 Å². The number of carbonyl (C=O) groups is 1. The van der Waals surface area contributed by atoms with E-state index in [0.717, 1.165) is 22.6 Å². The molecule has 0 fully saturated rings. The van der Waals surface area contributed by atoms with Crippen LogP contribution in [-0.4, -0.2) is 36.0 Å². The van der Waals surface area contributed by atoms with Crippen molar-refractivity contribution in [3.8, 4) is 5.69 Å². The highest BCUT2D eigenvalue weighted by atomic mass is 16.4. The lowest BCUT2D eigenvalue weighted by atomic mass is 10.1. The Labute approximate surface area is 152 Å². The number of rotatable bonds is 6. The van der Waals surface area contributed by atoms with Crippen LogP contribution in [0.25, 0.3) is 5.69 Å². The van der Waals surface area contributed by atoms with Gasteiger partial charge in [-0.05, 0) is 54.1 Å². The van der Waals surface area contributed by atoms with Gasteiger partial charge in [0, 0.05) is 37.9 Å². The lowest BCUT2D eigenvalue weighted by Crippen LogP contribution is -2.08. The summed E-state index contributed by atoms with van der Waals surface area (Å²) in [6.45, 7) is 0.505. The zero-order chi connectivity index (χ0) is 18.5.